The zero-order chi connectivity index (χ0) is 12.0. The Kier molecular flexibility index (Phi) is 2.58. The number of hydrogen-bond donors (Lipinski definition) is 0. The van der Waals surface area contributed by atoms with Crippen LogP contribution in [0.4, 0.5) is 0 Å². The van der Waals surface area contributed by atoms with E-state index >= 15 is 0 Å². The number of rotatable bonds is 4. The van der Waals surface area contributed by atoms with Crippen LogP contribution in [0, 0.1) is 11.8 Å². The van der Waals surface area contributed by atoms with Gasteiger partial charge in [0.05, 0.1) is 31.9 Å². The Hall–Kier alpha value is -1.10. The number of amides is 2. The lowest BCUT2D eigenvalue weighted by Crippen LogP contribution is -2.35. The molecule has 0 N–H and O–H groups in total. The quantitative estimate of drug-likeness (QED) is 0.302. The highest BCUT2D eigenvalue weighted by molar-refractivity contribution is 6.08. The van der Waals surface area contributed by atoms with Crippen molar-refractivity contribution in [2.45, 2.75) is 31.4 Å². The number of unbranched alkanes of at least 4 members (excludes halogenated alkanes) is 1. The molecule has 88 valence electrons. The van der Waals surface area contributed by atoms with E-state index in [1.807, 2.05) is 12.2 Å². The molecular weight excluding hydrogens is 217 g/mol. The molecule has 0 aromatic rings. The van der Waals surface area contributed by atoms with E-state index in [2.05, 4.69) is 0 Å². The van der Waals surface area contributed by atoms with Gasteiger partial charge in [-0.05, 0) is 6.42 Å². The van der Waals surface area contributed by atoms with E-state index in [0.29, 0.717) is 12.9 Å². The molecule has 0 aromatic heterocycles. The van der Waals surface area contributed by atoms with Gasteiger partial charge in [0.1, 0.15) is 0 Å². The predicted octanol–water partition coefficient (Wildman–Crippen LogP) is 0.292. The first-order valence-corrected chi connectivity index (χ1v) is 6.13. The maximum absolute atomic E-state index is 12.1. The lowest BCUT2D eigenvalue weighted by Gasteiger charge is -2.17. The van der Waals surface area contributed by atoms with Gasteiger partial charge in [0, 0.05) is 6.54 Å². The summed E-state index contributed by atoms with van der Waals surface area (Å²) < 4.78 is 5.55. The fourth-order valence-electron chi connectivity index (χ4n) is 3.00. The number of carbonyl (C=O) groups is 2. The van der Waals surface area contributed by atoms with Crippen molar-refractivity contribution < 1.29 is 14.3 Å². The average Bonchev–Trinajstić information content (AvgIpc) is 2.97. The number of imide groups is 1. The van der Waals surface area contributed by atoms with Crippen LogP contribution in [0.25, 0.3) is 0 Å². The number of hydrogen-bond acceptors (Lipinski definition) is 3. The van der Waals surface area contributed by atoms with Gasteiger partial charge in [0.15, 0.2) is 0 Å². The molecule has 2 radical (unpaired) electrons. The van der Waals surface area contributed by atoms with Crippen LogP contribution in [0.5, 0.6) is 0 Å². The molecule has 17 heavy (non-hydrogen) atoms. The molecule has 3 heterocycles. The SMILES string of the molecule is [B]CCCCN1C(=O)C2C3C=CC(O3)C2C1=O. The lowest BCUT2D eigenvalue weighted by atomic mass is 9.85. The fraction of sp³-hybridized carbons (Fsp3) is 0.667. The van der Waals surface area contributed by atoms with Crippen molar-refractivity contribution in [3.05, 3.63) is 12.2 Å². The van der Waals surface area contributed by atoms with Crippen LogP contribution in [0.3, 0.4) is 0 Å². The van der Waals surface area contributed by atoms with E-state index in [9.17, 15) is 9.59 Å². The maximum atomic E-state index is 12.1. The van der Waals surface area contributed by atoms with Gasteiger partial charge < -0.3 is 4.74 Å². The Bertz CT molecular complexity index is 365. The Labute approximate surface area is 101 Å². The van der Waals surface area contributed by atoms with Gasteiger partial charge >= 0.3 is 0 Å². The third-order valence-corrected chi connectivity index (χ3v) is 3.84. The Morgan fingerprint density at radius 2 is 1.71 bits per heavy atom. The Morgan fingerprint density at radius 1 is 1.12 bits per heavy atom. The van der Waals surface area contributed by atoms with Crippen molar-refractivity contribution in [2.75, 3.05) is 6.54 Å². The van der Waals surface area contributed by atoms with Crippen molar-refractivity contribution in [1.82, 2.24) is 4.90 Å². The summed E-state index contributed by atoms with van der Waals surface area (Å²) in [5.74, 6) is -0.659. The van der Waals surface area contributed by atoms with Crippen LogP contribution >= 0.6 is 0 Å². The van der Waals surface area contributed by atoms with Crippen LogP contribution < -0.4 is 0 Å². The van der Waals surface area contributed by atoms with Crippen LogP contribution in [0.1, 0.15) is 12.8 Å². The first kappa shape index (κ1) is 11.0. The van der Waals surface area contributed by atoms with Crippen molar-refractivity contribution in [1.29, 1.82) is 0 Å². The second-order valence-electron chi connectivity index (χ2n) is 4.83. The molecule has 3 rings (SSSR count). The number of fused-ring (bicyclic) bond motifs is 5. The highest BCUT2D eigenvalue weighted by Crippen LogP contribution is 2.44. The molecular formula is C12H14BNO3. The van der Waals surface area contributed by atoms with Gasteiger partial charge in [0.25, 0.3) is 0 Å². The third kappa shape index (κ3) is 1.48. The van der Waals surface area contributed by atoms with Crippen molar-refractivity contribution >= 4 is 19.7 Å². The fourth-order valence-corrected chi connectivity index (χ4v) is 3.00. The molecule has 0 aliphatic carbocycles. The minimum Gasteiger partial charge on any atom is -0.365 e. The molecule has 3 aliphatic rings. The molecule has 3 aliphatic heterocycles. The van der Waals surface area contributed by atoms with E-state index in [1.54, 1.807) is 0 Å². The molecule has 2 saturated heterocycles. The summed E-state index contributed by atoms with van der Waals surface area (Å²) in [5.41, 5.74) is 0. The minimum atomic E-state index is -0.268. The summed E-state index contributed by atoms with van der Waals surface area (Å²) in [7, 11) is 5.41. The topological polar surface area (TPSA) is 46.6 Å². The number of carbonyl (C=O) groups excluding carboxylic acids is 2. The van der Waals surface area contributed by atoms with Crippen molar-refractivity contribution in [3.63, 3.8) is 0 Å². The zero-order valence-electron chi connectivity index (χ0n) is 9.54. The van der Waals surface area contributed by atoms with Crippen molar-refractivity contribution in [3.8, 4) is 0 Å². The number of likely N-dealkylation sites (tertiary alicyclic amines) is 1. The number of ether oxygens (including phenoxy) is 1. The molecule has 2 bridgehead atoms. The van der Waals surface area contributed by atoms with Crippen LogP contribution in [0.15, 0.2) is 12.2 Å². The van der Waals surface area contributed by atoms with Crippen LogP contribution in [-0.2, 0) is 14.3 Å². The first-order chi connectivity index (χ1) is 8.24. The highest BCUT2D eigenvalue weighted by Gasteiger charge is 2.60. The van der Waals surface area contributed by atoms with Gasteiger partial charge in [-0.2, -0.15) is 0 Å². The molecule has 2 amide bonds. The van der Waals surface area contributed by atoms with E-state index in [0.717, 1.165) is 12.8 Å². The third-order valence-electron chi connectivity index (χ3n) is 3.84. The van der Waals surface area contributed by atoms with E-state index in [4.69, 9.17) is 12.6 Å². The second-order valence-corrected chi connectivity index (χ2v) is 4.83. The highest BCUT2D eigenvalue weighted by atomic mass is 16.5. The first-order valence-electron chi connectivity index (χ1n) is 6.13. The predicted molar refractivity (Wildman–Crippen MR) is 61.3 cm³/mol. The van der Waals surface area contributed by atoms with Crippen LogP contribution in [-0.4, -0.2) is 43.3 Å². The molecule has 0 saturated carbocycles. The van der Waals surface area contributed by atoms with Crippen molar-refractivity contribution in [2.24, 2.45) is 11.8 Å². The smallest absolute Gasteiger partial charge is 0.236 e. The molecule has 0 aromatic carbocycles. The monoisotopic (exact) mass is 231 g/mol. The van der Waals surface area contributed by atoms with E-state index < -0.39 is 0 Å². The maximum Gasteiger partial charge on any atom is 0.236 e. The summed E-state index contributed by atoms with van der Waals surface area (Å²) >= 11 is 0. The van der Waals surface area contributed by atoms with E-state index in [-0.39, 0.29) is 35.9 Å². The molecule has 0 spiro atoms. The average molecular weight is 231 g/mol. The van der Waals surface area contributed by atoms with Gasteiger partial charge in [-0.15, -0.1) is 0 Å². The second kappa shape index (κ2) is 3.98. The lowest BCUT2D eigenvalue weighted by molar-refractivity contribution is -0.142. The zero-order valence-corrected chi connectivity index (χ0v) is 9.54. The Balaban J connectivity index is 1.74. The molecule has 5 heteroatoms. The molecule has 2 fully saturated rings. The molecule has 4 nitrogen and oxygen atoms in total. The normalized spacial score (nSPS) is 38.2. The summed E-state index contributed by atoms with van der Waals surface area (Å²) in [6, 6.07) is 0. The summed E-state index contributed by atoms with van der Waals surface area (Å²) in [6.07, 6.45) is 5.67. The summed E-state index contributed by atoms with van der Waals surface area (Å²) in [6.45, 7) is 0.501. The van der Waals surface area contributed by atoms with Crippen LogP contribution in [0.2, 0.25) is 6.32 Å². The van der Waals surface area contributed by atoms with Gasteiger partial charge in [0.2, 0.25) is 11.8 Å². The largest absolute Gasteiger partial charge is 0.365 e. The van der Waals surface area contributed by atoms with Gasteiger partial charge in [-0.3, -0.25) is 14.5 Å². The van der Waals surface area contributed by atoms with Gasteiger partial charge in [-0.25, -0.2) is 0 Å². The summed E-state index contributed by atoms with van der Waals surface area (Å²) in [5, 5.41) is 0. The minimum absolute atomic E-state index is 0.0612. The standard InChI is InChI=1S/C12H14BNO3/c13-5-1-2-6-14-11(15)9-7-3-4-8(17-7)10(9)12(14)16/h3-4,7-10H,1-2,5-6H2. The Morgan fingerprint density at radius 3 is 2.24 bits per heavy atom. The summed E-state index contributed by atoms with van der Waals surface area (Å²) in [4.78, 5) is 25.7. The molecule has 4 unspecified atom stereocenters. The van der Waals surface area contributed by atoms with Gasteiger partial charge in [-0.1, -0.05) is 24.9 Å². The number of nitrogens with zero attached hydrogens (tertiary/aromatic N) is 1. The molecule has 4 atom stereocenters. The van der Waals surface area contributed by atoms with E-state index in [1.165, 1.54) is 4.90 Å².